The topological polar surface area (TPSA) is 63.1 Å². The Kier molecular flexibility index (Phi) is 2.61. The minimum Gasteiger partial charge on any atom is -0.477 e. The highest BCUT2D eigenvalue weighted by atomic mass is 32.1. The summed E-state index contributed by atoms with van der Waals surface area (Å²) in [6.45, 7) is 0. The largest absolute Gasteiger partial charge is 0.477 e. The van der Waals surface area contributed by atoms with Crippen LogP contribution in [0.25, 0.3) is 11.3 Å². The number of aromatic carboxylic acids is 1. The first-order valence-corrected chi connectivity index (χ1v) is 4.88. The van der Waals surface area contributed by atoms with Gasteiger partial charge in [0.05, 0.1) is 0 Å². The number of hydrogen-bond acceptors (Lipinski definition) is 4. The van der Waals surface area contributed by atoms with Gasteiger partial charge in [0.15, 0.2) is 4.88 Å². The maximum Gasteiger partial charge on any atom is 0.349 e. The van der Waals surface area contributed by atoms with E-state index in [4.69, 9.17) is 5.11 Å². The molecule has 82 valence electrons. The van der Waals surface area contributed by atoms with E-state index in [2.05, 4.69) is 9.59 Å². The van der Waals surface area contributed by atoms with Crippen molar-refractivity contribution in [3.63, 3.8) is 0 Å². The van der Waals surface area contributed by atoms with Crippen LogP contribution in [0.4, 0.5) is 8.78 Å². The third-order valence-corrected chi connectivity index (χ3v) is 2.58. The Morgan fingerprint density at radius 3 is 2.75 bits per heavy atom. The zero-order valence-electron chi connectivity index (χ0n) is 7.65. The van der Waals surface area contributed by atoms with Crippen molar-refractivity contribution in [3.8, 4) is 11.3 Å². The van der Waals surface area contributed by atoms with Crippen LogP contribution >= 0.6 is 11.5 Å². The normalized spacial score (nSPS) is 10.4. The van der Waals surface area contributed by atoms with Gasteiger partial charge in [-0.05, 0) is 23.7 Å². The summed E-state index contributed by atoms with van der Waals surface area (Å²) < 4.78 is 29.5. The van der Waals surface area contributed by atoms with Gasteiger partial charge >= 0.3 is 5.97 Å². The van der Waals surface area contributed by atoms with Crippen LogP contribution in [0, 0.1) is 11.6 Å². The summed E-state index contributed by atoms with van der Waals surface area (Å²) in [5.74, 6) is -2.84. The van der Waals surface area contributed by atoms with Crippen molar-refractivity contribution in [3.05, 3.63) is 34.7 Å². The lowest BCUT2D eigenvalue weighted by Crippen LogP contribution is -1.97. The van der Waals surface area contributed by atoms with E-state index in [9.17, 15) is 13.6 Å². The number of rotatable bonds is 2. The molecule has 1 heterocycles. The molecule has 0 aliphatic heterocycles. The average molecular weight is 242 g/mol. The summed E-state index contributed by atoms with van der Waals surface area (Å²) in [7, 11) is 0. The standard InChI is InChI=1S/C9H4F2N2O2S/c10-4-1-2-5(6(11)3-4)7-8(9(14)15)16-13-12-7/h1-3H,(H,14,15). The van der Waals surface area contributed by atoms with Gasteiger partial charge in [-0.15, -0.1) is 5.10 Å². The van der Waals surface area contributed by atoms with Gasteiger partial charge in [0, 0.05) is 11.6 Å². The summed E-state index contributed by atoms with van der Waals surface area (Å²) in [4.78, 5) is 10.6. The fraction of sp³-hybridized carbons (Fsp3) is 0. The molecule has 0 atom stereocenters. The molecule has 1 aromatic heterocycles. The number of benzene rings is 1. The maximum absolute atomic E-state index is 13.4. The smallest absolute Gasteiger partial charge is 0.349 e. The molecular weight excluding hydrogens is 238 g/mol. The first-order chi connectivity index (χ1) is 7.59. The predicted molar refractivity (Wildman–Crippen MR) is 52.2 cm³/mol. The quantitative estimate of drug-likeness (QED) is 0.876. The second kappa shape index (κ2) is 3.93. The van der Waals surface area contributed by atoms with Crippen molar-refractivity contribution in [1.29, 1.82) is 0 Å². The highest BCUT2D eigenvalue weighted by Gasteiger charge is 2.19. The highest BCUT2D eigenvalue weighted by molar-refractivity contribution is 7.08. The van der Waals surface area contributed by atoms with E-state index in [-0.39, 0.29) is 16.1 Å². The fourth-order valence-electron chi connectivity index (χ4n) is 1.19. The molecule has 0 saturated heterocycles. The van der Waals surface area contributed by atoms with Gasteiger partial charge in [0.2, 0.25) is 0 Å². The fourth-order valence-corrected chi connectivity index (χ4v) is 1.71. The molecule has 0 bridgehead atoms. The molecular formula is C9H4F2N2O2S. The van der Waals surface area contributed by atoms with Crippen LogP contribution in [-0.4, -0.2) is 20.7 Å². The van der Waals surface area contributed by atoms with Gasteiger partial charge in [0.1, 0.15) is 17.3 Å². The van der Waals surface area contributed by atoms with Gasteiger partial charge < -0.3 is 5.11 Å². The summed E-state index contributed by atoms with van der Waals surface area (Å²) >= 11 is 0.644. The summed E-state index contributed by atoms with van der Waals surface area (Å²) in [6, 6.07) is 2.83. The summed E-state index contributed by atoms with van der Waals surface area (Å²) in [5, 5.41) is 12.3. The minimum atomic E-state index is -1.24. The third kappa shape index (κ3) is 1.76. The van der Waals surface area contributed by atoms with E-state index in [0.29, 0.717) is 17.6 Å². The van der Waals surface area contributed by atoms with Crippen LogP contribution in [0.2, 0.25) is 0 Å². The number of carbonyl (C=O) groups is 1. The van der Waals surface area contributed by atoms with E-state index < -0.39 is 17.6 Å². The predicted octanol–water partition coefficient (Wildman–Crippen LogP) is 2.18. The summed E-state index contributed by atoms with van der Waals surface area (Å²) in [6.07, 6.45) is 0. The van der Waals surface area contributed by atoms with Crippen molar-refractivity contribution < 1.29 is 18.7 Å². The Hall–Kier alpha value is -1.89. The minimum absolute atomic E-state index is 0.0763. The monoisotopic (exact) mass is 242 g/mol. The Morgan fingerprint density at radius 2 is 2.12 bits per heavy atom. The number of aromatic nitrogens is 2. The van der Waals surface area contributed by atoms with Crippen LogP contribution in [0.3, 0.4) is 0 Å². The van der Waals surface area contributed by atoms with Gasteiger partial charge in [-0.3, -0.25) is 0 Å². The van der Waals surface area contributed by atoms with E-state index in [1.807, 2.05) is 0 Å². The zero-order valence-corrected chi connectivity index (χ0v) is 8.46. The molecule has 2 rings (SSSR count). The van der Waals surface area contributed by atoms with E-state index in [1.165, 1.54) is 0 Å². The molecule has 0 fully saturated rings. The number of carboxylic acid groups (broad SMARTS) is 1. The average Bonchev–Trinajstić information content (AvgIpc) is 2.66. The Morgan fingerprint density at radius 1 is 1.38 bits per heavy atom. The van der Waals surface area contributed by atoms with Gasteiger partial charge in [-0.25, -0.2) is 13.6 Å². The molecule has 16 heavy (non-hydrogen) atoms. The Labute approximate surface area is 92.3 Å². The zero-order chi connectivity index (χ0) is 11.7. The molecule has 0 radical (unpaired) electrons. The van der Waals surface area contributed by atoms with Crippen molar-refractivity contribution in [1.82, 2.24) is 9.59 Å². The van der Waals surface area contributed by atoms with Crippen LogP contribution in [0.1, 0.15) is 9.67 Å². The van der Waals surface area contributed by atoms with E-state index >= 15 is 0 Å². The number of halogens is 2. The van der Waals surface area contributed by atoms with Crippen LogP contribution < -0.4 is 0 Å². The molecule has 1 aromatic carbocycles. The van der Waals surface area contributed by atoms with Crippen molar-refractivity contribution in [2.75, 3.05) is 0 Å². The molecule has 0 amide bonds. The molecule has 2 aromatic rings. The van der Waals surface area contributed by atoms with Crippen LogP contribution in [0.15, 0.2) is 18.2 Å². The maximum atomic E-state index is 13.4. The van der Waals surface area contributed by atoms with Gasteiger partial charge in [0.25, 0.3) is 0 Å². The first-order valence-electron chi connectivity index (χ1n) is 4.10. The van der Waals surface area contributed by atoms with Gasteiger partial charge in [-0.1, -0.05) is 4.49 Å². The molecule has 0 aliphatic carbocycles. The molecule has 0 spiro atoms. The molecule has 0 aliphatic rings. The second-order valence-electron chi connectivity index (χ2n) is 2.88. The Balaban J connectivity index is 2.59. The summed E-state index contributed by atoms with van der Waals surface area (Å²) in [5.41, 5.74) is -0.164. The lowest BCUT2D eigenvalue weighted by Gasteiger charge is -1.99. The van der Waals surface area contributed by atoms with Crippen LogP contribution in [-0.2, 0) is 0 Å². The molecule has 4 nitrogen and oxygen atoms in total. The van der Waals surface area contributed by atoms with Gasteiger partial charge in [-0.2, -0.15) is 0 Å². The lowest BCUT2D eigenvalue weighted by molar-refractivity contribution is 0.0702. The highest BCUT2D eigenvalue weighted by Crippen LogP contribution is 2.26. The number of carboxylic acids is 1. The van der Waals surface area contributed by atoms with E-state index in [1.54, 1.807) is 0 Å². The number of hydrogen-bond donors (Lipinski definition) is 1. The van der Waals surface area contributed by atoms with Crippen molar-refractivity contribution >= 4 is 17.5 Å². The van der Waals surface area contributed by atoms with E-state index in [0.717, 1.165) is 12.1 Å². The molecule has 0 saturated carbocycles. The SMILES string of the molecule is O=C(O)c1snnc1-c1ccc(F)cc1F. The molecule has 1 N–H and O–H groups in total. The Bertz CT molecular complexity index is 556. The molecule has 0 unspecified atom stereocenters. The van der Waals surface area contributed by atoms with Crippen LogP contribution in [0.5, 0.6) is 0 Å². The second-order valence-corrected chi connectivity index (χ2v) is 3.63. The molecule has 7 heteroatoms. The number of nitrogens with zero attached hydrogens (tertiary/aromatic N) is 2. The first kappa shape index (κ1) is 10.6. The van der Waals surface area contributed by atoms with Crippen molar-refractivity contribution in [2.24, 2.45) is 0 Å². The van der Waals surface area contributed by atoms with Crippen molar-refractivity contribution in [2.45, 2.75) is 0 Å². The third-order valence-electron chi connectivity index (χ3n) is 1.87. The lowest BCUT2D eigenvalue weighted by atomic mass is 10.1.